The van der Waals surface area contributed by atoms with Crippen molar-refractivity contribution in [3.05, 3.63) is 47.3 Å². The van der Waals surface area contributed by atoms with E-state index in [0.29, 0.717) is 5.56 Å². The van der Waals surface area contributed by atoms with Gasteiger partial charge in [-0.15, -0.1) is 0 Å². The van der Waals surface area contributed by atoms with Crippen molar-refractivity contribution in [3.8, 4) is 11.3 Å². The van der Waals surface area contributed by atoms with Crippen molar-refractivity contribution in [1.29, 1.82) is 0 Å². The molecule has 2 nitrogen and oxygen atoms in total. The lowest BCUT2D eigenvalue weighted by Gasteiger charge is -2.13. The molecule has 0 saturated carbocycles. The predicted molar refractivity (Wildman–Crippen MR) is 68.9 cm³/mol. The molecule has 0 aliphatic carbocycles. The lowest BCUT2D eigenvalue weighted by atomic mass is 10.0. The highest BCUT2D eigenvalue weighted by Gasteiger charge is 2.31. The smallest absolute Gasteiger partial charge is 0.373 e. The van der Waals surface area contributed by atoms with Gasteiger partial charge in [0, 0.05) is 12.6 Å². The summed E-state index contributed by atoms with van der Waals surface area (Å²) in [5.74, 6) is -0.397. The Balaban J connectivity index is 2.65. The molecule has 0 saturated heterocycles. The minimum atomic E-state index is -4.48. The molecule has 1 N–H and O–H groups in total. The maximum atomic E-state index is 13.5. The first-order valence-corrected chi connectivity index (χ1v) is 5.85. The maximum absolute atomic E-state index is 13.5. The Hall–Kier alpha value is -2.11. The summed E-state index contributed by atoms with van der Waals surface area (Å²) in [6.45, 7) is 1.51. The monoisotopic (exact) mass is 284 g/mol. The van der Waals surface area contributed by atoms with E-state index in [4.69, 9.17) is 0 Å². The average molecular weight is 284 g/mol. The number of halogens is 4. The average Bonchev–Trinajstić information content (AvgIpc) is 2.40. The molecule has 0 spiro atoms. The van der Waals surface area contributed by atoms with E-state index in [9.17, 15) is 17.6 Å². The first-order chi connectivity index (χ1) is 9.32. The molecule has 1 heterocycles. The summed E-state index contributed by atoms with van der Waals surface area (Å²) in [7, 11) is 1.48. The summed E-state index contributed by atoms with van der Waals surface area (Å²) < 4.78 is 52.1. The Kier molecular flexibility index (Phi) is 3.65. The van der Waals surface area contributed by atoms with Gasteiger partial charge in [-0.1, -0.05) is 12.1 Å². The minimum Gasteiger partial charge on any atom is -0.373 e. The van der Waals surface area contributed by atoms with Gasteiger partial charge in [-0.25, -0.2) is 9.37 Å². The first kappa shape index (κ1) is 14.3. The van der Waals surface area contributed by atoms with Crippen molar-refractivity contribution in [2.24, 2.45) is 0 Å². The van der Waals surface area contributed by atoms with Crippen LogP contribution in [0.15, 0.2) is 30.3 Å². The van der Waals surface area contributed by atoms with Crippen LogP contribution in [-0.2, 0) is 6.18 Å². The van der Waals surface area contributed by atoms with E-state index >= 15 is 0 Å². The standard InChI is InChI=1S/C14H12F4N2/c1-8-10(4-3-5-11(8)15)12-6-9(14(16,17)18)7-13(19-2)20-12/h3-7H,1-2H3,(H,19,20). The number of hydrogen-bond acceptors (Lipinski definition) is 2. The van der Waals surface area contributed by atoms with Crippen molar-refractivity contribution in [2.45, 2.75) is 13.1 Å². The molecular formula is C14H12F4N2. The highest BCUT2D eigenvalue weighted by molar-refractivity contribution is 5.66. The van der Waals surface area contributed by atoms with Gasteiger partial charge in [0.1, 0.15) is 11.6 Å². The zero-order valence-corrected chi connectivity index (χ0v) is 10.8. The molecule has 2 aromatic rings. The fourth-order valence-electron chi connectivity index (χ4n) is 1.85. The Morgan fingerprint density at radius 3 is 2.45 bits per heavy atom. The molecule has 2 rings (SSSR count). The van der Waals surface area contributed by atoms with Gasteiger partial charge in [0.15, 0.2) is 0 Å². The number of benzene rings is 1. The fraction of sp³-hybridized carbons (Fsp3) is 0.214. The second kappa shape index (κ2) is 5.11. The SMILES string of the molecule is CNc1cc(C(F)(F)F)cc(-c2cccc(F)c2C)n1. The number of alkyl halides is 3. The highest BCUT2D eigenvalue weighted by atomic mass is 19.4. The molecule has 0 aliphatic heterocycles. The van der Waals surface area contributed by atoms with E-state index in [1.807, 2.05) is 0 Å². The Labute approximate surface area is 113 Å². The van der Waals surface area contributed by atoms with Gasteiger partial charge in [-0.3, -0.25) is 0 Å². The van der Waals surface area contributed by atoms with Gasteiger partial charge < -0.3 is 5.32 Å². The Morgan fingerprint density at radius 1 is 1.15 bits per heavy atom. The van der Waals surface area contributed by atoms with Crippen molar-refractivity contribution < 1.29 is 17.6 Å². The van der Waals surface area contributed by atoms with Gasteiger partial charge in [0.05, 0.1) is 11.3 Å². The van der Waals surface area contributed by atoms with Gasteiger partial charge >= 0.3 is 6.18 Å². The number of pyridine rings is 1. The van der Waals surface area contributed by atoms with Gasteiger partial charge in [-0.05, 0) is 30.7 Å². The largest absolute Gasteiger partial charge is 0.416 e. The first-order valence-electron chi connectivity index (χ1n) is 5.85. The van der Waals surface area contributed by atoms with E-state index in [2.05, 4.69) is 10.3 Å². The van der Waals surface area contributed by atoms with Crippen LogP contribution in [0.25, 0.3) is 11.3 Å². The zero-order chi connectivity index (χ0) is 14.9. The lowest BCUT2D eigenvalue weighted by molar-refractivity contribution is -0.137. The molecule has 0 amide bonds. The summed E-state index contributed by atoms with van der Waals surface area (Å²) in [5, 5.41) is 2.58. The molecule has 1 aromatic heterocycles. The quantitative estimate of drug-likeness (QED) is 0.834. The third kappa shape index (κ3) is 2.74. The molecule has 1 aromatic carbocycles. The number of nitrogens with zero attached hydrogens (tertiary/aromatic N) is 1. The second-order valence-corrected chi connectivity index (χ2v) is 4.29. The lowest BCUT2D eigenvalue weighted by Crippen LogP contribution is -2.07. The number of rotatable bonds is 2. The van der Waals surface area contributed by atoms with Gasteiger partial charge in [0.25, 0.3) is 0 Å². The summed E-state index contributed by atoms with van der Waals surface area (Å²) in [5.41, 5.74) is -0.134. The predicted octanol–water partition coefficient (Wildman–Crippen LogP) is 4.26. The van der Waals surface area contributed by atoms with Crippen LogP contribution in [0.5, 0.6) is 0 Å². The normalized spacial score (nSPS) is 11.5. The molecule has 6 heteroatoms. The highest BCUT2D eigenvalue weighted by Crippen LogP contribution is 2.34. The van der Waals surface area contributed by atoms with E-state index in [1.54, 1.807) is 6.07 Å². The van der Waals surface area contributed by atoms with Crippen LogP contribution in [0, 0.1) is 12.7 Å². The van der Waals surface area contributed by atoms with E-state index in [1.165, 1.54) is 26.1 Å². The topological polar surface area (TPSA) is 24.9 Å². The number of aromatic nitrogens is 1. The van der Waals surface area contributed by atoms with Crippen LogP contribution in [0.1, 0.15) is 11.1 Å². The third-order valence-electron chi connectivity index (χ3n) is 2.95. The molecule has 0 atom stereocenters. The molecule has 20 heavy (non-hydrogen) atoms. The Morgan fingerprint density at radius 2 is 1.85 bits per heavy atom. The molecule has 0 aliphatic rings. The van der Waals surface area contributed by atoms with Crippen LogP contribution in [0.2, 0.25) is 0 Å². The van der Waals surface area contributed by atoms with Crippen molar-refractivity contribution in [2.75, 3.05) is 12.4 Å². The van der Waals surface area contributed by atoms with Crippen LogP contribution >= 0.6 is 0 Å². The molecular weight excluding hydrogens is 272 g/mol. The number of nitrogens with one attached hydrogen (secondary N) is 1. The summed E-state index contributed by atoms with van der Waals surface area (Å²) in [4.78, 5) is 4.06. The molecule has 0 unspecified atom stereocenters. The zero-order valence-electron chi connectivity index (χ0n) is 10.8. The number of hydrogen-bond donors (Lipinski definition) is 1. The van der Waals surface area contributed by atoms with E-state index < -0.39 is 17.6 Å². The van der Waals surface area contributed by atoms with Crippen LogP contribution in [0.4, 0.5) is 23.4 Å². The van der Waals surface area contributed by atoms with E-state index in [0.717, 1.165) is 12.1 Å². The molecule has 0 fully saturated rings. The third-order valence-corrected chi connectivity index (χ3v) is 2.95. The van der Waals surface area contributed by atoms with Gasteiger partial charge in [0.2, 0.25) is 0 Å². The minimum absolute atomic E-state index is 0.0819. The van der Waals surface area contributed by atoms with Crippen molar-refractivity contribution >= 4 is 5.82 Å². The van der Waals surface area contributed by atoms with Crippen LogP contribution in [-0.4, -0.2) is 12.0 Å². The van der Waals surface area contributed by atoms with Crippen LogP contribution < -0.4 is 5.32 Å². The summed E-state index contributed by atoms with van der Waals surface area (Å²) >= 11 is 0. The summed E-state index contributed by atoms with van der Waals surface area (Å²) in [6.07, 6.45) is -4.48. The van der Waals surface area contributed by atoms with Gasteiger partial charge in [-0.2, -0.15) is 13.2 Å². The second-order valence-electron chi connectivity index (χ2n) is 4.29. The molecule has 0 radical (unpaired) electrons. The fourth-order valence-corrected chi connectivity index (χ4v) is 1.85. The van der Waals surface area contributed by atoms with Crippen molar-refractivity contribution in [1.82, 2.24) is 4.98 Å². The number of anilines is 1. The Bertz CT molecular complexity index is 636. The van der Waals surface area contributed by atoms with Crippen molar-refractivity contribution in [3.63, 3.8) is 0 Å². The molecule has 0 bridgehead atoms. The van der Waals surface area contributed by atoms with E-state index in [-0.39, 0.29) is 17.1 Å². The van der Waals surface area contributed by atoms with Crippen LogP contribution in [0.3, 0.4) is 0 Å². The summed E-state index contributed by atoms with van der Waals surface area (Å²) in [6, 6.07) is 6.07. The maximum Gasteiger partial charge on any atom is 0.416 e. The molecule has 106 valence electrons.